The van der Waals surface area contributed by atoms with Gasteiger partial charge in [-0.15, -0.1) is 22.7 Å². The fourth-order valence-corrected chi connectivity index (χ4v) is 11.4. The summed E-state index contributed by atoms with van der Waals surface area (Å²) < 4.78 is 18.1. The van der Waals surface area contributed by atoms with Crippen LogP contribution in [0.5, 0.6) is 0 Å². The summed E-state index contributed by atoms with van der Waals surface area (Å²) in [5, 5.41) is 12.4. The molecule has 4 aromatic heterocycles. The lowest BCUT2D eigenvalue weighted by Crippen LogP contribution is -2.09. The summed E-state index contributed by atoms with van der Waals surface area (Å²) in [6, 6.07) is 63.4. The van der Waals surface area contributed by atoms with Gasteiger partial charge in [0.05, 0.1) is 0 Å². The number of rotatable bonds is 4. The Morgan fingerprint density at radius 2 is 0.860 bits per heavy atom. The molecule has 0 amide bonds. The Labute approximate surface area is 333 Å². The van der Waals surface area contributed by atoms with Gasteiger partial charge in [0.25, 0.3) is 0 Å². The van der Waals surface area contributed by atoms with Crippen LogP contribution in [-0.4, -0.2) is 0 Å². The molecule has 266 valence electrons. The highest BCUT2D eigenvalue weighted by Crippen LogP contribution is 2.48. The van der Waals surface area contributed by atoms with E-state index in [0.717, 1.165) is 60.9 Å². The van der Waals surface area contributed by atoms with Crippen LogP contribution in [0.15, 0.2) is 185 Å². The maximum Gasteiger partial charge on any atom is 0.137 e. The highest BCUT2D eigenvalue weighted by Gasteiger charge is 2.20. The summed E-state index contributed by atoms with van der Waals surface area (Å²) in [5.41, 5.74) is 8.98. The van der Waals surface area contributed by atoms with Crippen molar-refractivity contribution >= 4 is 135 Å². The second-order valence-electron chi connectivity index (χ2n) is 14.8. The van der Waals surface area contributed by atoms with Crippen molar-refractivity contribution in [3.8, 4) is 11.1 Å². The zero-order valence-electron chi connectivity index (χ0n) is 30.3. The highest BCUT2D eigenvalue weighted by molar-refractivity contribution is 7.27. The number of benzene rings is 9. The smallest absolute Gasteiger partial charge is 0.137 e. The maximum atomic E-state index is 6.40. The summed E-state index contributed by atoms with van der Waals surface area (Å²) in [7, 11) is 0. The predicted molar refractivity (Wildman–Crippen MR) is 244 cm³/mol. The maximum absolute atomic E-state index is 6.40. The molecule has 0 spiro atoms. The lowest BCUT2D eigenvalue weighted by atomic mass is 9.94. The van der Waals surface area contributed by atoms with Gasteiger partial charge < -0.3 is 13.7 Å². The zero-order chi connectivity index (χ0) is 37.2. The van der Waals surface area contributed by atoms with E-state index < -0.39 is 0 Å². The number of furan rings is 2. The molecule has 0 saturated carbocycles. The number of hydrogen-bond acceptors (Lipinski definition) is 5. The molecule has 0 radical (unpaired) electrons. The minimum absolute atomic E-state index is 0.857. The molecule has 3 nitrogen and oxygen atoms in total. The van der Waals surface area contributed by atoms with Gasteiger partial charge in [-0.1, -0.05) is 91.0 Å². The van der Waals surface area contributed by atoms with E-state index >= 15 is 0 Å². The van der Waals surface area contributed by atoms with E-state index in [9.17, 15) is 0 Å². The van der Waals surface area contributed by atoms with Crippen molar-refractivity contribution in [1.82, 2.24) is 0 Å². The third-order valence-corrected chi connectivity index (χ3v) is 13.9. The van der Waals surface area contributed by atoms with Gasteiger partial charge >= 0.3 is 0 Å². The molecule has 5 heteroatoms. The summed E-state index contributed by atoms with van der Waals surface area (Å²) in [4.78, 5) is 2.30. The molecule has 13 aromatic rings. The van der Waals surface area contributed by atoms with Crippen LogP contribution in [0.3, 0.4) is 0 Å². The topological polar surface area (TPSA) is 29.5 Å². The summed E-state index contributed by atoms with van der Waals surface area (Å²) in [5.74, 6) is 0. The average molecular weight is 764 g/mol. The van der Waals surface area contributed by atoms with Gasteiger partial charge in [-0.3, -0.25) is 0 Å². The van der Waals surface area contributed by atoms with Crippen molar-refractivity contribution < 1.29 is 8.83 Å². The molecule has 0 aliphatic carbocycles. The molecule has 0 N–H and O–H groups in total. The first-order valence-electron chi connectivity index (χ1n) is 19.1. The third-order valence-electron chi connectivity index (χ3n) is 11.7. The lowest BCUT2D eigenvalue weighted by molar-refractivity contribution is 0.669. The van der Waals surface area contributed by atoms with Crippen LogP contribution in [0.4, 0.5) is 17.1 Å². The molecule has 0 aliphatic rings. The monoisotopic (exact) mass is 763 g/mol. The van der Waals surface area contributed by atoms with Crippen molar-refractivity contribution in [2.24, 2.45) is 0 Å². The third kappa shape index (κ3) is 4.58. The van der Waals surface area contributed by atoms with E-state index in [1.54, 1.807) is 0 Å². The SMILES string of the molecule is c1ccc2c(c1)oc1cc(N(c3ccc(-c4cccc5sc6ccc7ccc8sc9ccccc9c8c7c6c45)cc3)c3ccc4c(c3)oc3ccccc34)ccc12. The van der Waals surface area contributed by atoms with E-state index in [-0.39, 0.29) is 0 Å². The van der Waals surface area contributed by atoms with E-state index in [4.69, 9.17) is 8.83 Å². The van der Waals surface area contributed by atoms with Crippen LogP contribution < -0.4 is 4.90 Å². The number of fused-ring (bicyclic) bond motifs is 15. The first-order valence-corrected chi connectivity index (χ1v) is 20.8. The Morgan fingerprint density at radius 3 is 1.54 bits per heavy atom. The number of para-hydroxylation sites is 2. The Hall–Kier alpha value is -6.92. The number of anilines is 3. The van der Waals surface area contributed by atoms with Gasteiger partial charge in [-0.2, -0.15) is 0 Å². The number of hydrogen-bond donors (Lipinski definition) is 0. The molecule has 0 fully saturated rings. The zero-order valence-corrected chi connectivity index (χ0v) is 32.0. The fourth-order valence-electron chi connectivity index (χ4n) is 9.12. The molecule has 0 saturated heterocycles. The summed E-state index contributed by atoms with van der Waals surface area (Å²) >= 11 is 3.77. The van der Waals surface area contributed by atoms with Gasteiger partial charge in [0.2, 0.25) is 0 Å². The summed E-state index contributed by atoms with van der Waals surface area (Å²) in [6.07, 6.45) is 0. The molecule has 0 aliphatic heterocycles. The van der Waals surface area contributed by atoms with Crippen molar-refractivity contribution in [2.75, 3.05) is 4.90 Å². The van der Waals surface area contributed by atoms with Crippen LogP contribution in [0.1, 0.15) is 0 Å². The van der Waals surface area contributed by atoms with Gasteiger partial charge in [0.1, 0.15) is 22.3 Å². The van der Waals surface area contributed by atoms with Crippen molar-refractivity contribution in [2.45, 2.75) is 0 Å². The van der Waals surface area contributed by atoms with E-state index in [0.29, 0.717) is 0 Å². The molecule has 0 atom stereocenters. The van der Waals surface area contributed by atoms with Gasteiger partial charge in [-0.05, 0) is 89.3 Å². The normalized spacial score (nSPS) is 12.2. The molecule has 57 heavy (non-hydrogen) atoms. The molecule has 0 bridgehead atoms. The van der Waals surface area contributed by atoms with Crippen LogP contribution >= 0.6 is 22.7 Å². The standard InChI is InChI=1S/C52H29NO2S2/c1-4-12-41-36(8-1)38-24-22-33(28-43(38)54-41)53(34-23-25-39-37-9-2-5-13-42(37)55-44(39)29-34)32-20-16-30(17-21-32)35-11-7-15-46-50(35)52-48(57-46)27-19-31-18-26-47-51(49(31)52)40-10-3-6-14-45(40)56-47/h1-29H. The largest absolute Gasteiger partial charge is 0.456 e. The van der Waals surface area contributed by atoms with Crippen molar-refractivity contribution in [3.63, 3.8) is 0 Å². The molecular formula is C52H29NO2S2. The van der Waals surface area contributed by atoms with Gasteiger partial charge in [-0.25, -0.2) is 0 Å². The highest BCUT2D eigenvalue weighted by atomic mass is 32.1. The Morgan fingerprint density at radius 1 is 0.333 bits per heavy atom. The molecule has 4 heterocycles. The molecule has 13 rings (SSSR count). The fraction of sp³-hybridized carbons (Fsp3) is 0. The first-order chi connectivity index (χ1) is 28.2. The van der Waals surface area contributed by atoms with E-state index in [1.807, 2.05) is 46.9 Å². The molecule has 0 unspecified atom stereocenters. The predicted octanol–water partition coefficient (Wildman–Crippen LogP) is 16.5. The molecular weight excluding hydrogens is 735 g/mol. The minimum atomic E-state index is 0.857. The van der Waals surface area contributed by atoms with Gasteiger partial charge in [0.15, 0.2) is 0 Å². The number of thiophene rings is 2. The van der Waals surface area contributed by atoms with E-state index in [1.165, 1.54) is 62.2 Å². The Balaban J connectivity index is 1.01. The average Bonchev–Trinajstić information content (AvgIpc) is 4.03. The summed E-state index contributed by atoms with van der Waals surface area (Å²) in [6.45, 7) is 0. The van der Waals surface area contributed by atoms with Crippen molar-refractivity contribution in [1.29, 1.82) is 0 Å². The lowest BCUT2D eigenvalue weighted by Gasteiger charge is -2.25. The minimum Gasteiger partial charge on any atom is -0.456 e. The Kier molecular flexibility index (Phi) is 6.48. The quantitative estimate of drug-likeness (QED) is 0.179. The van der Waals surface area contributed by atoms with Crippen LogP contribution in [0.2, 0.25) is 0 Å². The van der Waals surface area contributed by atoms with Crippen LogP contribution in [-0.2, 0) is 0 Å². The number of nitrogens with zero attached hydrogens (tertiary/aromatic N) is 1. The second-order valence-corrected chi connectivity index (χ2v) is 17.0. The van der Waals surface area contributed by atoms with Crippen LogP contribution in [0.25, 0.3) is 106 Å². The first kappa shape index (κ1) is 31.3. The Bertz CT molecular complexity index is 3650. The van der Waals surface area contributed by atoms with Crippen LogP contribution in [0, 0.1) is 0 Å². The second kappa shape index (κ2) is 11.8. The van der Waals surface area contributed by atoms with Crippen molar-refractivity contribution in [3.05, 3.63) is 176 Å². The molecule has 9 aromatic carbocycles. The van der Waals surface area contributed by atoms with E-state index in [2.05, 4.69) is 157 Å². The van der Waals surface area contributed by atoms with Gasteiger partial charge in [0, 0.05) is 96.5 Å².